The number of likely N-dealkylation sites (N-methyl/N-ethyl adjacent to an activating group) is 1. The van der Waals surface area contributed by atoms with E-state index in [2.05, 4.69) is 35.9 Å². The van der Waals surface area contributed by atoms with E-state index in [0.29, 0.717) is 12.6 Å². The molecule has 0 bridgehead atoms. The maximum Gasteiger partial charge on any atom is 0.194 e. The number of guanidine groups is 1. The van der Waals surface area contributed by atoms with E-state index in [9.17, 15) is 5.11 Å². The van der Waals surface area contributed by atoms with Crippen molar-refractivity contribution in [3.63, 3.8) is 0 Å². The van der Waals surface area contributed by atoms with Crippen LogP contribution in [-0.4, -0.2) is 66.7 Å². The molecule has 0 aromatic heterocycles. The molecule has 1 fully saturated rings. The first-order chi connectivity index (χ1) is 12.1. The molecular formula is C19H32N4O2. The van der Waals surface area contributed by atoms with Crippen molar-refractivity contribution in [1.82, 2.24) is 15.1 Å². The summed E-state index contributed by atoms with van der Waals surface area (Å²) in [4.78, 5) is 9.58. The number of benzene rings is 1. The molecule has 1 heterocycles. The van der Waals surface area contributed by atoms with Gasteiger partial charge in [0.1, 0.15) is 11.5 Å². The van der Waals surface area contributed by atoms with Crippen molar-refractivity contribution in [2.45, 2.75) is 39.8 Å². The lowest BCUT2D eigenvalue weighted by Gasteiger charge is -2.27. The van der Waals surface area contributed by atoms with Crippen LogP contribution in [0.2, 0.25) is 0 Å². The molecule has 140 valence electrons. The van der Waals surface area contributed by atoms with Crippen molar-refractivity contribution in [3.05, 3.63) is 23.8 Å². The van der Waals surface area contributed by atoms with Crippen molar-refractivity contribution < 1.29 is 9.84 Å². The fraction of sp³-hybridized carbons (Fsp3) is 0.632. The molecule has 1 aliphatic heterocycles. The Morgan fingerprint density at radius 1 is 1.36 bits per heavy atom. The lowest BCUT2D eigenvalue weighted by molar-refractivity contribution is 0.223. The predicted molar refractivity (Wildman–Crippen MR) is 102 cm³/mol. The van der Waals surface area contributed by atoms with Crippen LogP contribution in [0.25, 0.3) is 0 Å². The van der Waals surface area contributed by atoms with Gasteiger partial charge in [0.05, 0.1) is 13.7 Å². The second-order valence-electron chi connectivity index (χ2n) is 6.27. The van der Waals surface area contributed by atoms with Gasteiger partial charge in [0, 0.05) is 31.2 Å². The van der Waals surface area contributed by atoms with Crippen LogP contribution >= 0.6 is 0 Å². The number of rotatable bonds is 7. The molecule has 1 aliphatic rings. The third-order valence-electron chi connectivity index (χ3n) is 4.81. The zero-order valence-corrected chi connectivity index (χ0v) is 16.0. The fourth-order valence-electron chi connectivity index (χ4n) is 3.37. The first kappa shape index (κ1) is 19.4. The van der Waals surface area contributed by atoms with E-state index in [1.54, 1.807) is 19.2 Å². The van der Waals surface area contributed by atoms with E-state index in [1.807, 2.05) is 6.07 Å². The zero-order chi connectivity index (χ0) is 18.2. The molecule has 2 N–H and O–H groups in total. The molecule has 25 heavy (non-hydrogen) atoms. The van der Waals surface area contributed by atoms with Crippen LogP contribution < -0.4 is 10.1 Å². The van der Waals surface area contributed by atoms with Crippen LogP contribution in [-0.2, 0) is 6.54 Å². The van der Waals surface area contributed by atoms with E-state index in [1.165, 1.54) is 0 Å². The Balaban J connectivity index is 2.09. The number of phenols is 1. The normalized spacial score (nSPS) is 18.0. The van der Waals surface area contributed by atoms with Crippen LogP contribution in [0.4, 0.5) is 0 Å². The number of likely N-dealkylation sites (tertiary alicyclic amines) is 1. The van der Waals surface area contributed by atoms with Crippen LogP contribution in [0.1, 0.15) is 32.8 Å². The van der Waals surface area contributed by atoms with Crippen LogP contribution in [0.15, 0.2) is 23.2 Å². The highest BCUT2D eigenvalue weighted by Gasteiger charge is 2.27. The molecule has 0 saturated carbocycles. The standard InChI is InChI=1S/C19H32N4O2/c1-5-20-19(23-11-10-16(14-23)22(6-2)7-3)21-13-15-12-17(25-4)8-9-18(15)24/h8-9,12,16,24H,5-7,10-11,13-14H2,1-4H3,(H,20,21). The first-order valence-corrected chi connectivity index (χ1v) is 9.26. The molecule has 1 saturated heterocycles. The number of ether oxygens (including phenoxy) is 1. The van der Waals surface area contributed by atoms with Gasteiger partial charge < -0.3 is 20.1 Å². The van der Waals surface area contributed by atoms with Gasteiger partial charge in [-0.15, -0.1) is 0 Å². The maximum absolute atomic E-state index is 10.1. The summed E-state index contributed by atoms with van der Waals surface area (Å²) >= 11 is 0. The van der Waals surface area contributed by atoms with Crippen LogP contribution in [0.5, 0.6) is 11.5 Å². The molecule has 6 heteroatoms. The summed E-state index contributed by atoms with van der Waals surface area (Å²) in [6.07, 6.45) is 1.16. The van der Waals surface area contributed by atoms with Crippen molar-refractivity contribution >= 4 is 5.96 Å². The van der Waals surface area contributed by atoms with Gasteiger partial charge in [-0.2, -0.15) is 0 Å². The quantitative estimate of drug-likeness (QED) is 0.585. The SMILES string of the molecule is CCNC(=NCc1cc(OC)ccc1O)N1CCC(N(CC)CC)C1. The minimum atomic E-state index is 0.253. The molecule has 6 nitrogen and oxygen atoms in total. The summed E-state index contributed by atoms with van der Waals surface area (Å²) in [6.45, 7) is 12.0. The third-order valence-corrected chi connectivity index (χ3v) is 4.81. The number of methoxy groups -OCH3 is 1. The Hall–Kier alpha value is -1.95. The number of hydrogen-bond acceptors (Lipinski definition) is 4. The van der Waals surface area contributed by atoms with Crippen molar-refractivity contribution in [1.29, 1.82) is 0 Å². The Labute approximate surface area is 151 Å². The minimum Gasteiger partial charge on any atom is -0.508 e. The zero-order valence-electron chi connectivity index (χ0n) is 16.0. The van der Waals surface area contributed by atoms with E-state index < -0.39 is 0 Å². The largest absolute Gasteiger partial charge is 0.508 e. The van der Waals surface area contributed by atoms with E-state index in [-0.39, 0.29) is 5.75 Å². The summed E-state index contributed by atoms with van der Waals surface area (Å²) in [6, 6.07) is 5.83. The number of nitrogens with one attached hydrogen (secondary N) is 1. The molecule has 2 rings (SSSR count). The van der Waals surface area contributed by atoms with E-state index in [4.69, 9.17) is 9.73 Å². The number of hydrogen-bond donors (Lipinski definition) is 2. The molecule has 0 spiro atoms. The van der Waals surface area contributed by atoms with Crippen molar-refractivity contribution in [3.8, 4) is 11.5 Å². The molecule has 1 atom stereocenters. The summed E-state index contributed by atoms with van der Waals surface area (Å²) in [5, 5.41) is 13.4. The number of phenolic OH excluding ortho intramolecular Hbond substituents is 1. The van der Waals surface area contributed by atoms with Gasteiger partial charge in [0.2, 0.25) is 0 Å². The van der Waals surface area contributed by atoms with Gasteiger partial charge in [-0.25, -0.2) is 4.99 Å². The average Bonchev–Trinajstić information content (AvgIpc) is 3.10. The van der Waals surface area contributed by atoms with Crippen molar-refractivity contribution in [2.75, 3.05) is 39.8 Å². The monoisotopic (exact) mass is 348 g/mol. The van der Waals surface area contributed by atoms with Gasteiger partial charge in [0.25, 0.3) is 0 Å². The Morgan fingerprint density at radius 2 is 2.12 bits per heavy atom. The molecule has 0 radical (unpaired) electrons. The van der Waals surface area contributed by atoms with Gasteiger partial charge in [-0.3, -0.25) is 4.90 Å². The average molecular weight is 348 g/mol. The predicted octanol–water partition coefficient (Wildman–Crippen LogP) is 2.28. The Kier molecular flexibility index (Phi) is 7.37. The highest BCUT2D eigenvalue weighted by molar-refractivity contribution is 5.80. The third kappa shape index (κ3) is 5.01. The summed E-state index contributed by atoms with van der Waals surface area (Å²) in [5.41, 5.74) is 0.772. The van der Waals surface area contributed by atoms with Gasteiger partial charge in [-0.1, -0.05) is 13.8 Å². The summed E-state index contributed by atoms with van der Waals surface area (Å²) < 4.78 is 5.24. The molecular weight excluding hydrogens is 316 g/mol. The van der Waals surface area contributed by atoms with E-state index in [0.717, 1.165) is 56.4 Å². The molecule has 1 aromatic carbocycles. The topological polar surface area (TPSA) is 60.3 Å². The van der Waals surface area contributed by atoms with Gasteiger partial charge in [0.15, 0.2) is 5.96 Å². The second-order valence-corrected chi connectivity index (χ2v) is 6.27. The molecule has 1 aromatic rings. The van der Waals surface area contributed by atoms with Crippen molar-refractivity contribution in [2.24, 2.45) is 4.99 Å². The fourth-order valence-corrected chi connectivity index (χ4v) is 3.37. The summed E-state index contributed by atoms with van der Waals surface area (Å²) in [5.74, 6) is 1.90. The van der Waals surface area contributed by atoms with Crippen LogP contribution in [0.3, 0.4) is 0 Å². The van der Waals surface area contributed by atoms with Gasteiger partial charge in [-0.05, 0) is 44.6 Å². The second kappa shape index (κ2) is 9.51. The van der Waals surface area contributed by atoms with Crippen LogP contribution in [0, 0.1) is 0 Å². The maximum atomic E-state index is 10.1. The lowest BCUT2D eigenvalue weighted by atomic mass is 10.2. The van der Waals surface area contributed by atoms with Gasteiger partial charge >= 0.3 is 0 Å². The number of aromatic hydroxyl groups is 1. The molecule has 0 amide bonds. The highest BCUT2D eigenvalue weighted by atomic mass is 16.5. The number of aliphatic imine (C=N–C) groups is 1. The lowest BCUT2D eigenvalue weighted by Crippen LogP contribution is -2.43. The Bertz CT molecular complexity index is 573. The number of nitrogens with zero attached hydrogens (tertiary/aromatic N) is 3. The Morgan fingerprint density at radius 3 is 2.76 bits per heavy atom. The smallest absolute Gasteiger partial charge is 0.194 e. The molecule has 0 aliphatic carbocycles. The first-order valence-electron chi connectivity index (χ1n) is 9.26. The summed E-state index contributed by atoms with van der Waals surface area (Å²) in [7, 11) is 1.63. The van der Waals surface area contributed by atoms with E-state index >= 15 is 0 Å². The minimum absolute atomic E-state index is 0.253. The highest BCUT2D eigenvalue weighted by Crippen LogP contribution is 2.24. The molecule has 1 unspecified atom stereocenters.